The van der Waals surface area contributed by atoms with Crippen molar-refractivity contribution in [3.05, 3.63) is 23.8 Å². The predicted octanol–water partition coefficient (Wildman–Crippen LogP) is 1.83. The molecule has 5 nitrogen and oxygen atoms in total. The van der Waals surface area contributed by atoms with Crippen LogP contribution in [0.5, 0.6) is 11.5 Å². The predicted molar refractivity (Wildman–Crippen MR) is 86.3 cm³/mol. The molecule has 1 heterocycles. The second-order valence-corrected chi connectivity index (χ2v) is 6.73. The molecular formula is C17H26N2O3. The molecular weight excluding hydrogens is 280 g/mol. The quantitative estimate of drug-likeness (QED) is 0.870. The molecule has 1 aromatic carbocycles. The second kappa shape index (κ2) is 6.57. The van der Waals surface area contributed by atoms with E-state index in [2.05, 4.69) is 19.2 Å². The third kappa shape index (κ3) is 3.71. The summed E-state index contributed by atoms with van der Waals surface area (Å²) in [6.07, 6.45) is 0. The Bertz CT molecular complexity index is 541. The first-order chi connectivity index (χ1) is 10.3. The molecule has 1 aliphatic heterocycles. The van der Waals surface area contributed by atoms with Crippen molar-refractivity contribution in [1.82, 2.24) is 5.32 Å². The summed E-state index contributed by atoms with van der Waals surface area (Å²) in [5, 5.41) is 2.95. The van der Waals surface area contributed by atoms with E-state index in [1.807, 2.05) is 32.0 Å². The van der Waals surface area contributed by atoms with Crippen LogP contribution in [0, 0.1) is 5.92 Å². The fourth-order valence-electron chi connectivity index (χ4n) is 2.30. The topological polar surface area (TPSA) is 73.6 Å². The number of hydrogen-bond donors (Lipinski definition) is 2. The number of carbonyl (C=O) groups is 1. The van der Waals surface area contributed by atoms with Crippen molar-refractivity contribution in [3.63, 3.8) is 0 Å². The summed E-state index contributed by atoms with van der Waals surface area (Å²) in [4.78, 5) is 12.0. The Morgan fingerprint density at radius 2 is 1.91 bits per heavy atom. The molecule has 0 radical (unpaired) electrons. The number of benzene rings is 1. The molecule has 0 fully saturated rings. The van der Waals surface area contributed by atoms with E-state index in [0.717, 1.165) is 17.1 Å². The van der Waals surface area contributed by atoms with Crippen LogP contribution < -0.4 is 20.5 Å². The summed E-state index contributed by atoms with van der Waals surface area (Å²) in [6.45, 7) is 9.72. The maximum absolute atomic E-state index is 12.0. The van der Waals surface area contributed by atoms with Crippen LogP contribution in [0.3, 0.4) is 0 Å². The minimum atomic E-state index is -0.476. The first kappa shape index (κ1) is 16.6. The molecule has 2 rings (SSSR count). The average molecular weight is 306 g/mol. The molecule has 22 heavy (non-hydrogen) atoms. The number of rotatable bonds is 5. The van der Waals surface area contributed by atoms with Gasteiger partial charge >= 0.3 is 0 Å². The smallest absolute Gasteiger partial charge is 0.237 e. The lowest BCUT2D eigenvalue weighted by Crippen LogP contribution is -2.47. The normalized spacial score (nSPS) is 15.5. The first-order valence-electron chi connectivity index (χ1n) is 7.74. The molecule has 122 valence electrons. The van der Waals surface area contributed by atoms with E-state index in [1.54, 1.807) is 0 Å². The molecule has 1 aromatic rings. The lowest BCUT2D eigenvalue weighted by molar-refractivity contribution is -0.123. The summed E-state index contributed by atoms with van der Waals surface area (Å²) in [5.41, 5.74) is 6.74. The van der Waals surface area contributed by atoms with E-state index in [0.29, 0.717) is 19.8 Å². The maximum atomic E-state index is 12.0. The lowest BCUT2D eigenvalue weighted by atomic mass is 9.84. The number of amides is 1. The highest BCUT2D eigenvalue weighted by Crippen LogP contribution is 2.34. The van der Waals surface area contributed by atoms with Gasteiger partial charge in [0.2, 0.25) is 5.91 Å². The van der Waals surface area contributed by atoms with Crippen LogP contribution in [0.4, 0.5) is 0 Å². The molecule has 3 N–H and O–H groups in total. The molecule has 0 aliphatic carbocycles. The van der Waals surface area contributed by atoms with Gasteiger partial charge in [0.15, 0.2) is 11.5 Å². The zero-order chi connectivity index (χ0) is 16.3. The van der Waals surface area contributed by atoms with Crippen LogP contribution in [-0.4, -0.2) is 31.7 Å². The SMILES string of the molecule is CC(C)[C@H](N)C(=O)NCC(C)(C)c1ccc2c(c1)OCCO2. The molecule has 0 saturated carbocycles. The second-order valence-electron chi connectivity index (χ2n) is 6.73. The summed E-state index contributed by atoms with van der Waals surface area (Å²) < 4.78 is 11.2. The Labute approximate surface area is 132 Å². The van der Waals surface area contributed by atoms with Gasteiger partial charge in [-0.2, -0.15) is 0 Å². The van der Waals surface area contributed by atoms with Crippen LogP contribution in [0.1, 0.15) is 33.3 Å². The minimum absolute atomic E-state index is 0.111. The highest BCUT2D eigenvalue weighted by Gasteiger charge is 2.25. The average Bonchev–Trinajstić information content (AvgIpc) is 2.51. The molecule has 0 unspecified atom stereocenters. The minimum Gasteiger partial charge on any atom is -0.486 e. The first-order valence-corrected chi connectivity index (χ1v) is 7.74. The van der Waals surface area contributed by atoms with Crippen molar-refractivity contribution in [2.45, 2.75) is 39.2 Å². The number of ether oxygens (including phenoxy) is 2. The maximum Gasteiger partial charge on any atom is 0.237 e. The highest BCUT2D eigenvalue weighted by molar-refractivity contribution is 5.81. The van der Waals surface area contributed by atoms with Crippen molar-refractivity contribution in [2.75, 3.05) is 19.8 Å². The van der Waals surface area contributed by atoms with Gasteiger partial charge in [0.1, 0.15) is 13.2 Å². The van der Waals surface area contributed by atoms with Crippen LogP contribution in [0.2, 0.25) is 0 Å². The van der Waals surface area contributed by atoms with E-state index in [1.165, 1.54) is 0 Å². The monoisotopic (exact) mass is 306 g/mol. The highest BCUT2D eigenvalue weighted by atomic mass is 16.6. The Morgan fingerprint density at radius 3 is 2.55 bits per heavy atom. The van der Waals surface area contributed by atoms with Gasteiger partial charge in [0, 0.05) is 12.0 Å². The van der Waals surface area contributed by atoms with Crippen LogP contribution in [-0.2, 0) is 10.2 Å². The van der Waals surface area contributed by atoms with Gasteiger partial charge in [-0.3, -0.25) is 4.79 Å². The summed E-state index contributed by atoms with van der Waals surface area (Å²) in [6, 6.07) is 5.45. The summed E-state index contributed by atoms with van der Waals surface area (Å²) >= 11 is 0. The number of nitrogens with one attached hydrogen (secondary N) is 1. The third-order valence-electron chi connectivity index (χ3n) is 4.05. The van der Waals surface area contributed by atoms with Crippen molar-refractivity contribution in [1.29, 1.82) is 0 Å². The zero-order valence-electron chi connectivity index (χ0n) is 13.8. The Hall–Kier alpha value is -1.75. The Balaban J connectivity index is 2.05. The molecule has 0 bridgehead atoms. The van der Waals surface area contributed by atoms with Crippen LogP contribution in [0.25, 0.3) is 0 Å². The van der Waals surface area contributed by atoms with Gasteiger partial charge < -0.3 is 20.5 Å². The molecule has 0 saturated heterocycles. The Morgan fingerprint density at radius 1 is 1.27 bits per heavy atom. The van der Waals surface area contributed by atoms with E-state index < -0.39 is 6.04 Å². The van der Waals surface area contributed by atoms with E-state index in [4.69, 9.17) is 15.2 Å². The number of fused-ring (bicyclic) bond motifs is 1. The fraction of sp³-hybridized carbons (Fsp3) is 0.588. The third-order valence-corrected chi connectivity index (χ3v) is 4.05. The van der Waals surface area contributed by atoms with Gasteiger partial charge in [-0.25, -0.2) is 0 Å². The van der Waals surface area contributed by atoms with Gasteiger partial charge in [0.25, 0.3) is 0 Å². The fourth-order valence-corrected chi connectivity index (χ4v) is 2.30. The number of hydrogen-bond acceptors (Lipinski definition) is 4. The molecule has 5 heteroatoms. The lowest BCUT2D eigenvalue weighted by Gasteiger charge is -2.28. The number of carbonyl (C=O) groups excluding carboxylic acids is 1. The Kier molecular flexibility index (Phi) is 4.96. The summed E-state index contributed by atoms with van der Waals surface area (Å²) in [7, 11) is 0. The standard InChI is InChI=1S/C17H26N2O3/c1-11(2)15(18)16(20)19-10-17(3,4)12-5-6-13-14(9-12)22-8-7-21-13/h5-6,9,11,15H,7-8,10,18H2,1-4H3,(H,19,20)/t15-/m0/s1. The van der Waals surface area contributed by atoms with Gasteiger partial charge in [-0.15, -0.1) is 0 Å². The largest absolute Gasteiger partial charge is 0.486 e. The molecule has 0 aromatic heterocycles. The van der Waals surface area contributed by atoms with Gasteiger partial charge in [-0.05, 0) is 23.6 Å². The van der Waals surface area contributed by atoms with Crippen LogP contribution in [0.15, 0.2) is 18.2 Å². The van der Waals surface area contributed by atoms with Crippen molar-refractivity contribution in [2.24, 2.45) is 11.7 Å². The van der Waals surface area contributed by atoms with Gasteiger partial charge in [0.05, 0.1) is 6.04 Å². The van der Waals surface area contributed by atoms with E-state index in [9.17, 15) is 4.79 Å². The van der Waals surface area contributed by atoms with Gasteiger partial charge in [-0.1, -0.05) is 33.8 Å². The molecule has 0 spiro atoms. The van der Waals surface area contributed by atoms with E-state index >= 15 is 0 Å². The summed E-state index contributed by atoms with van der Waals surface area (Å²) in [5.74, 6) is 1.55. The van der Waals surface area contributed by atoms with Crippen molar-refractivity contribution in [3.8, 4) is 11.5 Å². The number of nitrogens with two attached hydrogens (primary N) is 1. The molecule has 1 aliphatic rings. The molecule has 1 amide bonds. The van der Waals surface area contributed by atoms with E-state index in [-0.39, 0.29) is 17.2 Å². The van der Waals surface area contributed by atoms with Crippen LogP contribution >= 0.6 is 0 Å². The molecule has 1 atom stereocenters. The van der Waals surface area contributed by atoms with Crippen molar-refractivity contribution < 1.29 is 14.3 Å². The van der Waals surface area contributed by atoms with Crippen molar-refractivity contribution >= 4 is 5.91 Å². The zero-order valence-corrected chi connectivity index (χ0v) is 13.8.